The molecule has 0 aliphatic carbocycles. The van der Waals surface area contributed by atoms with Crippen LogP contribution in [-0.2, 0) is 0 Å². The van der Waals surface area contributed by atoms with E-state index in [-0.39, 0.29) is 0 Å². The Morgan fingerprint density at radius 3 is 0.571 bits per heavy atom. The maximum atomic E-state index is 13.9. The topological polar surface area (TPSA) is 0 Å². The van der Waals surface area contributed by atoms with Gasteiger partial charge in [-0.2, -0.15) is 39.5 Å². The van der Waals surface area contributed by atoms with Crippen molar-refractivity contribution in [2.45, 2.75) is 54.0 Å². The lowest BCUT2D eigenvalue weighted by atomic mass is 10.3. The lowest BCUT2D eigenvalue weighted by Gasteiger charge is -2.48. The first-order valence-corrected chi connectivity index (χ1v) is 7.21. The van der Waals surface area contributed by atoms with E-state index < -0.39 is 62.0 Å². The Morgan fingerprint density at radius 2 is 0.500 bits per heavy atom. The van der Waals surface area contributed by atoms with Gasteiger partial charge in [-0.15, -0.1) is 0 Å². The van der Waals surface area contributed by atoms with Crippen molar-refractivity contribution in [3.8, 4) is 0 Å². The minimum absolute atomic E-state index is 6.30. The summed E-state index contributed by atoms with van der Waals surface area (Å²) in [6.45, 7) is 0. The summed E-state index contributed by atoms with van der Waals surface area (Å²) in [5.74, 6) is 0. The molecule has 0 saturated carbocycles. The normalized spacial score (nSPS) is 22.2. The Bertz CT molecular complexity index is 457. The maximum absolute atomic E-state index is 13.9. The third kappa shape index (κ3) is 3.80. The average molecular weight is 484 g/mol. The van der Waals surface area contributed by atoms with E-state index in [0.29, 0.717) is 0 Å². The predicted octanol–water partition coefficient (Wildman–Crippen LogP) is 6.95. The third-order valence-electron chi connectivity index (χ3n) is 3.04. The van der Waals surface area contributed by atoms with E-state index in [0.717, 1.165) is 0 Å². The quantitative estimate of drug-likeness (QED) is 0.283. The molecular weight excluding hydrogens is 481 g/mol. The van der Waals surface area contributed by atoms with Gasteiger partial charge in [-0.1, -0.05) is 0 Å². The zero-order valence-electron chi connectivity index (χ0n) is 12.0. The van der Waals surface area contributed by atoms with Crippen LogP contribution in [0.1, 0.15) is 0 Å². The summed E-state index contributed by atoms with van der Waals surface area (Å²) in [5, 5.41) is -23.2. The molecule has 0 heterocycles. The summed E-state index contributed by atoms with van der Waals surface area (Å²) in [4.78, 5) is 0. The van der Waals surface area contributed by atoms with Gasteiger partial charge in [0.05, 0.1) is 7.92 Å². The van der Waals surface area contributed by atoms with Crippen molar-refractivity contribution in [1.29, 1.82) is 0 Å². The highest BCUT2D eigenvalue weighted by atomic mass is 31.1. The molecule has 0 aromatic heterocycles. The lowest BCUT2D eigenvalue weighted by Crippen LogP contribution is -2.64. The zero-order chi connectivity index (χ0) is 23.3. The van der Waals surface area contributed by atoms with Crippen LogP contribution < -0.4 is 0 Å². The van der Waals surface area contributed by atoms with Crippen molar-refractivity contribution in [2.75, 3.05) is 0 Å². The van der Waals surface area contributed by atoms with Crippen LogP contribution in [-0.4, -0.2) is 54.0 Å². The predicted molar refractivity (Wildman–Crippen MR) is 54.6 cm³/mol. The van der Waals surface area contributed by atoms with Gasteiger partial charge in [0.1, 0.15) is 0 Å². The molecule has 170 valence electrons. The van der Waals surface area contributed by atoms with Gasteiger partial charge in [-0.05, 0) is 0 Å². The van der Waals surface area contributed by atoms with Crippen LogP contribution in [0.5, 0.6) is 0 Å². The van der Waals surface area contributed by atoms with Crippen molar-refractivity contribution < 1.29 is 79.0 Å². The van der Waals surface area contributed by atoms with Crippen molar-refractivity contribution in [3.05, 3.63) is 0 Å². The number of rotatable bonds is 6. The van der Waals surface area contributed by atoms with E-state index in [1.165, 1.54) is 0 Å². The monoisotopic (exact) mass is 484 g/mol. The molecule has 0 spiro atoms. The van der Waals surface area contributed by atoms with E-state index in [2.05, 4.69) is 0 Å². The summed E-state index contributed by atoms with van der Waals surface area (Å²) in [5.41, 5.74) is 0. The van der Waals surface area contributed by atoms with Crippen LogP contribution in [0.25, 0.3) is 0 Å². The van der Waals surface area contributed by atoms with Crippen LogP contribution in [0.4, 0.5) is 79.0 Å². The van der Waals surface area contributed by atoms with Crippen molar-refractivity contribution >= 4 is 7.92 Å². The number of halogens is 18. The van der Waals surface area contributed by atoms with Gasteiger partial charge in [0.2, 0.25) is 0 Å². The molecule has 28 heavy (non-hydrogen) atoms. The summed E-state index contributed by atoms with van der Waals surface area (Å²) in [6.07, 6.45) is -42.4. The lowest BCUT2D eigenvalue weighted by molar-refractivity contribution is -0.267. The Balaban J connectivity index is 7.67. The molecule has 3 atom stereocenters. The standard InChI is InChI=1S/C9H3F18P/c10-1(11)4(16,7(19,20)21)28(5(17,2(12)13)8(22,23)24)6(18,3(14)15)9(25,26)27/h1-3H. The van der Waals surface area contributed by atoms with E-state index in [1.54, 1.807) is 0 Å². The first-order chi connectivity index (χ1) is 11.9. The van der Waals surface area contributed by atoms with Gasteiger partial charge in [0.15, 0.2) is 0 Å². The molecule has 19 heteroatoms. The molecule has 0 amide bonds. The van der Waals surface area contributed by atoms with E-state index >= 15 is 0 Å². The molecule has 0 aliphatic rings. The van der Waals surface area contributed by atoms with Gasteiger partial charge < -0.3 is 0 Å². The first kappa shape index (κ1) is 27.2. The highest BCUT2D eigenvalue weighted by Gasteiger charge is 2.89. The second-order valence-electron chi connectivity index (χ2n) is 4.75. The summed E-state index contributed by atoms with van der Waals surface area (Å²) >= 11 is 0. The Kier molecular flexibility index (Phi) is 7.23. The molecule has 0 fully saturated rings. The summed E-state index contributed by atoms with van der Waals surface area (Å²) < 4.78 is 230. The second-order valence-corrected chi connectivity index (χ2v) is 7.37. The SMILES string of the molecule is FC(F)C(F)(P(C(F)(C(F)F)C(F)(F)F)C(F)(C(F)F)C(F)(F)F)C(F)(F)F. The van der Waals surface area contributed by atoms with Gasteiger partial charge in [-0.3, -0.25) is 0 Å². The zero-order valence-corrected chi connectivity index (χ0v) is 12.9. The van der Waals surface area contributed by atoms with Crippen molar-refractivity contribution in [1.82, 2.24) is 0 Å². The van der Waals surface area contributed by atoms with Crippen molar-refractivity contribution in [2.24, 2.45) is 0 Å². The van der Waals surface area contributed by atoms with Crippen LogP contribution in [0.3, 0.4) is 0 Å². The molecule has 0 bridgehead atoms. The van der Waals surface area contributed by atoms with Crippen LogP contribution >= 0.6 is 7.92 Å². The number of hydrogen-bond acceptors (Lipinski definition) is 0. The fraction of sp³-hybridized carbons (Fsp3) is 1.00. The molecule has 0 rings (SSSR count). The molecule has 0 aromatic carbocycles. The highest BCUT2D eigenvalue weighted by Crippen LogP contribution is 2.81. The van der Waals surface area contributed by atoms with E-state index in [9.17, 15) is 79.0 Å². The Morgan fingerprint density at radius 1 is 0.357 bits per heavy atom. The molecule has 0 aromatic rings. The summed E-state index contributed by atoms with van der Waals surface area (Å²) in [6, 6.07) is 0. The van der Waals surface area contributed by atoms with E-state index in [4.69, 9.17) is 0 Å². The minimum Gasteiger partial charge on any atom is -0.222 e. The summed E-state index contributed by atoms with van der Waals surface area (Å²) in [7, 11) is -8.00. The maximum Gasteiger partial charge on any atom is 0.432 e. The molecule has 0 nitrogen and oxygen atoms in total. The van der Waals surface area contributed by atoms with Gasteiger partial charge in [0.25, 0.3) is 35.5 Å². The minimum atomic E-state index is -8.00. The van der Waals surface area contributed by atoms with Gasteiger partial charge >= 0.3 is 18.5 Å². The average Bonchev–Trinajstić information content (AvgIpc) is 2.42. The molecule has 3 unspecified atom stereocenters. The van der Waals surface area contributed by atoms with Crippen molar-refractivity contribution in [3.63, 3.8) is 0 Å². The van der Waals surface area contributed by atoms with Gasteiger partial charge in [0, 0.05) is 0 Å². The fourth-order valence-corrected chi connectivity index (χ4v) is 4.52. The highest BCUT2D eigenvalue weighted by molar-refractivity contribution is 7.62. The molecule has 0 radical (unpaired) electrons. The molecule has 0 saturated heterocycles. The molecule has 0 aliphatic heterocycles. The van der Waals surface area contributed by atoms with Crippen LogP contribution in [0.2, 0.25) is 0 Å². The number of hydrogen-bond donors (Lipinski definition) is 0. The second kappa shape index (κ2) is 7.45. The largest absolute Gasteiger partial charge is 0.432 e. The smallest absolute Gasteiger partial charge is 0.222 e. The number of alkyl halides is 18. The fourth-order valence-electron chi connectivity index (χ4n) is 1.75. The van der Waals surface area contributed by atoms with Gasteiger partial charge in [-0.25, -0.2) is 39.5 Å². The third-order valence-corrected chi connectivity index (χ3v) is 6.34. The van der Waals surface area contributed by atoms with Crippen LogP contribution in [0, 0.1) is 0 Å². The Labute approximate surface area is 142 Å². The first-order valence-electron chi connectivity index (χ1n) is 5.86. The van der Waals surface area contributed by atoms with E-state index in [1.807, 2.05) is 0 Å². The Hall–Kier alpha value is -0.830. The molecule has 0 N–H and O–H groups in total. The van der Waals surface area contributed by atoms with Crippen LogP contribution in [0.15, 0.2) is 0 Å². The molecular formula is C9H3F18P.